The third-order valence-corrected chi connectivity index (χ3v) is 3.22. The Hall–Kier alpha value is -0.380. The minimum Gasteiger partial charge on any atom is -0.391 e. The molecule has 0 spiro atoms. The second kappa shape index (κ2) is 2.59. The topological polar surface area (TPSA) is 46.2 Å². The molecule has 2 nitrogen and oxygen atoms in total. The van der Waals surface area contributed by atoms with Crippen molar-refractivity contribution >= 4 is 11.3 Å². The number of nitrogens with two attached hydrogens (primary N) is 1. The summed E-state index contributed by atoms with van der Waals surface area (Å²) >= 11 is 1.74. The van der Waals surface area contributed by atoms with E-state index in [1.807, 2.05) is 11.4 Å². The normalized spacial score (nSPS) is 30.0. The van der Waals surface area contributed by atoms with E-state index in [1.54, 1.807) is 11.3 Å². The van der Waals surface area contributed by atoms with E-state index in [4.69, 9.17) is 5.73 Å². The fourth-order valence-corrected chi connectivity index (χ4v) is 2.47. The van der Waals surface area contributed by atoms with Gasteiger partial charge >= 0.3 is 0 Å². The summed E-state index contributed by atoms with van der Waals surface area (Å²) in [4.78, 5) is 1.35. The molecule has 0 fully saturated rings. The Bertz CT molecular complexity index is 258. The molecule has 1 heterocycles. The molecule has 0 bridgehead atoms. The summed E-state index contributed by atoms with van der Waals surface area (Å²) in [7, 11) is 0. The molecule has 0 aromatic carbocycles. The fourth-order valence-electron chi connectivity index (χ4n) is 1.52. The van der Waals surface area contributed by atoms with Crippen LogP contribution in [-0.4, -0.2) is 11.2 Å². The molecule has 0 saturated heterocycles. The van der Waals surface area contributed by atoms with Gasteiger partial charge in [-0.3, -0.25) is 0 Å². The zero-order valence-corrected chi connectivity index (χ0v) is 6.97. The molecule has 3 N–H and O–H groups in total. The van der Waals surface area contributed by atoms with Gasteiger partial charge < -0.3 is 10.8 Å². The standard InChI is InChI=1S/C8H11NOS/c9-8-5-3-4-11-7(5)2-1-6(8)10/h3-4,6,8,10H,1-2,9H2/t6-,8+/m1/s1. The summed E-state index contributed by atoms with van der Waals surface area (Å²) in [6.07, 6.45) is 1.47. The fraction of sp³-hybridized carbons (Fsp3) is 0.500. The van der Waals surface area contributed by atoms with Gasteiger partial charge in [0.25, 0.3) is 0 Å². The Morgan fingerprint density at radius 1 is 1.64 bits per heavy atom. The zero-order valence-electron chi connectivity index (χ0n) is 6.16. The van der Waals surface area contributed by atoms with E-state index < -0.39 is 0 Å². The van der Waals surface area contributed by atoms with Crippen LogP contribution in [0.25, 0.3) is 0 Å². The first-order valence-electron chi connectivity index (χ1n) is 3.79. The largest absolute Gasteiger partial charge is 0.391 e. The van der Waals surface area contributed by atoms with Crippen molar-refractivity contribution in [2.24, 2.45) is 5.73 Å². The van der Waals surface area contributed by atoms with E-state index in [9.17, 15) is 5.11 Å². The quantitative estimate of drug-likeness (QED) is 0.610. The van der Waals surface area contributed by atoms with E-state index in [2.05, 4.69) is 0 Å². The molecule has 1 aliphatic carbocycles. The lowest BCUT2D eigenvalue weighted by Gasteiger charge is -2.24. The van der Waals surface area contributed by atoms with Crippen LogP contribution < -0.4 is 5.73 Å². The first kappa shape index (κ1) is 7.28. The van der Waals surface area contributed by atoms with Gasteiger partial charge in [0.15, 0.2) is 0 Å². The van der Waals surface area contributed by atoms with Crippen LogP contribution in [0, 0.1) is 0 Å². The first-order chi connectivity index (χ1) is 5.29. The Balaban J connectivity index is 2.38. The highest BCUT2D eigenvalue weighted by Gasteiger charge is 2.25. The van der Waals surface area contributed by atoms with Crippen molar-refractivity contribution in [1.82, 2.24) is 0 Å². The van der Waals surface area contributed by atoms with Gasteiger partial charge in [0.2, 0.25) is 0 Å². The molecule has 1 aromatic rings. The summed E-state index contributed by atoms with van der Waals surface area (Å²) in [6, 6.07) is 1.87. The van der Waals surface area contributed by atoms with Crippen LogP contribution in [0.5, 0.6) is 0 Å². The molecule has 2 atom stereocenters. The molecule has 11 heavy (non-hydrogen) atoms. The maximum Gasteiger partial charge on any atom is 0.0736 e. The minimum atomic E-state index is -0.336. The van der Waals surface area contributed by atoms with Crippen molar-refractivity contribution in [2.75, 3.05) is 0 Å². The molecular formula is C8H11NOS. The van der Waals surface area contributed by atoms with E-state index in [0.29, 0.717) is 0 Å². The number of aryl methyl sites for hydroxylation is 1. The lowest BCUT2D eigenvalue weighted by molar-refractivity contribution is 0.129. The SMILES string of the molecule is N[C@H]1c2ccsc2CC[C@H]1O. The molecule has 2 rings (SSSR count). The van der Waals surface area contributed by atoms with E-state index in [1.165, 1.54) is 4.88 Å². The number of hydrogen-bond donors (Lipinski definition) is 2. The van der Waals surface area contributed by atoms with Crippen LogP contribution in [0.2, 0.25) is 0 Å². The lowest BCUT2D eigenvalue weighted by atomic mass is 9.92. The highest BCUT2D eigenvalue weighted by atomic mass is 32.1. The maximum atomic E-state index is 9.42. The molecule has 60 valence electrons. The molecule has 3 heteroatoms. The van der Waals surface area contributed by atoms with Gasteiger partial charge in [0.1, 0.15) is 0 Å². The minimum absolute atomic E-state index is 0.148. The van der Waals surface area contributed by atoms with E-state index in [0.717, 1.165) is 18.4 Å². The molecule has 0 unspecified atom stereocenters. The van der Waals surface area contributed by atoms with Crippen LogP contribution in [0.4, 0.5) is 0 Å². The smallest absolute Gasteiger partial charge is 0.0736 e. The maximum absolute atomic E-state index is 9.42. The van der Waals surface area contributed by atoms with Gasteiger partial charge in [-0.15, -0.1) is 11.3 Å². The van der Waals surface area contributed by atoms with Crippen molar-refractivity contribution in [1.29, 1.82) is 0 Å². The van der Waals surface area contributed by atoms with Crippen LogP contribution >= 0.6 is 11.3 Å². The Kier molecular flexibility index (Phi) is 1.71. The lowest BCUT2D eigenvalue weighted by Crippen LogP contribution is -2.30. The number of rotatable bonds is 0. The average molecular weight is 169 g/mol. The van der Waals surface area contributed by atoms with Crippen molar-refractivity contribution in [3.8, 4) is 0 Å². The van der Waals surface area contributed by atoms with Crippen LogP contribution in [0.3, 0.4) is 0 Å². The van der Waals surface area contributed by atoms with E-state index >= 15 is 0 Å². The van der Waals surface area contributed by atoms with Gasteiger partial charge in [0.05, 0.1) is 12.1 Å². The first-order valence-corrected chi connectivity index (χ1v) is 4.67. The Labute approximate surface area is 69.7 Å². The molecular weight excluding hydrogens is 158 g/mol. The Morgan fingerprint density at radius 2 is 2.45 bits per heavy atom. The summed E-state index contributed by atoms with van der Waals surface area (Å²) in [5.74, 6) is 0. The molecule has 0 amide bonds. The highest BCUT2D eigenvalue weighted by Crippen LogP contribution is 2.31. The predicted octanol–water partition coefficient (Wildman–Crippen LogP) is 1.06. The van der Waals surface area contributed by atoms with Crippen LogP contribution in [-0.2, 0) is 6.42 Å². The second-order valence-corrected chi connectivity index (χ2v) is 3.93. The summed E-state index contributed by atoms with van der Waals surface area (Å²) in [5.41, 5.74) is 6.94. The molecule has 0 aliphatic heterocycles. The van der Waals surface area contributed by atoms with Crippen LogP contribution in [0.1, 0.15) is 22.9 Å². The second-order valence-electron chi connectivity index (χ2n) is 2.93. The summed E-state index contributed by atoms with van der Waals surface area (Å²) < 4.78 is 0. The number of hydrogen-bond acceptors (Lipinski definition) is 3. The number of aliphatic hydroxyl groups is 1. The number of aliphatic hydroxyl groups excluding tert-OH is 1. The third-order valence-electron chi connectivity index (χ3n) is 2.22. The number of thiophene rings is 1. The van der Waals surface area contributed by atoms with Gasteiger partial charge in [0, 0.05) is 4.88 Å². The summed E-state index contributed by atoms with van der Waals surface area (Å²) in [5, 5.41) is 11.5. The van der Waals surface area contributed by atoms with Gasteiger partial charge in [-0.1, -0.05) is 0 Å². The van der Waals surface area contributed by atoms with Crippen molar-refractivity contribution in [3.63, 3.8) is 0 Å². The molecule has 0 radical (unpaired) electrons. The van der Waals surface area contributed by atoms with Crippen molar-refractivity contribution < 1.29 is 5.11 Å². The molecule has 1 aromatic heterocycles. The third kappa shape index (κ3) is 1.09. The van der Waals surface area contributed by atoms with Crippen molar-refractivity contribution in [3.05, 3.63) is 21.9 Å². The Morgan fingerprint density at radius 3 is 3.27 bits per heavy atom. The van der Waals surface area contributed by atoms with Gasteiger partial charge in [-0.25, -0.2) is 0 Å². The zero-order chi connectivity index (χ0) is 7.84. The molecule has 0 saturated carbocycles. The van der Waals surface area contributed by atoms with E-state index in [-0.39, 0.29) is 12.1 Å². The predicted molar refractivity (Wildman–Crippen MR) is 45.6 cm³/mol. The highest BCUT2D eigenvalue weighted by molar-refractivity contribution is 7.10. The van der Waals surface area contributed by atoms with Crippen molar-refractivity contribution in [2.45, 2.75) is 25.0 Å². The van der Waals surface area contributed by atoms with Gasteiger partial charge in [-0.05, 0) is 29.9 Å². The number of fused-ring (bicyclic) bond motifs is 1. The monoisotopic (exact) mass is 169 g/mol. The van der Waals surface area contributed by atoms with Gasteiger partial charge in [-0.2, -0.15) is 0 Å². The molecule has 1 aliphatic rings. The summed E-state index contributed by atoms with van der Waals surface area (Å²) in [6.45, 7) is 0. The average Bonchev–Trinajstić information content (AvgIpc) is 2.45. The van der Waals surface area contributed by atoms with Crippen LogP contribution in [0.15, 0.2) is 11.4 Å².